The molecule has 48 heavy (non-hydrogen) atoms. The highest BCUT2D eigenvalue weighted by molar-refractivity contribution is 7.84. The van der Waals surface area contributed by atoms with Crippen molar-refractivity contribution in [1.82, 2.24) is 34.7 Å². The first-order valence-corrected chi connectivity index (χ1v) is 16.6. The number of carbonyl (C=O) groups excluding carboxylic acids is 2. The first-order valence-electron chi connectivity index (χ1n) is 14.3. The Labute approximate surface area is 275 Å². The number of fused-ring (bicyclic) bond motifs is 1. The number of rotatable bonds is 14. The second-order valence-electron chi connectivity index (χ2n) is 11.0. The van der Waals surface area contributed by atoms with E-state index >= 15 is 0 Å². The molecular weight excluding hydrogens is 674 g/mol. The Morgan fingerprint density at radius 1 is 1.23 bits per heavy atom. The van der Waals surface area contributed by atoms with Gasteiger partial charge in [0.1, 0.15) is 42.6 Å². The number of carboxylic acids is 1. The minimum absolute atomic E-state index is 0.0380. The van der Waals surface area contributed by atoms with E-state index in [1.165, 1.54) is 22.7 Å². The van der Waals surface area contributed by atoms with E-state index in [0.29, 0.717) is 29.0 Å². The molecule has 1 saturated carbocycles. The number of hydrogen-bond donors (Lipinski definition) is 6. The number of nitrogens with one attached hydrogen (secondary N) is 2. The van der Waals surface area contributed by atoms with Gasteiger partial charge in [0.25, 0.3) is 17.9 Å². The Balaban J connectivity index is 1.13. The van der Waals surface area contributed by atoms with Gasteiger partial charge in [0, 0.05) is 35.9 Å². The highest BCUT2D eigenvalue weighted by atomic mass is 32.2. The van der Waals surface area contributed by atoms with Crippen molar-refractivity contribution in [3.63, 3.8) is 0 Å². The predicted octanol–water partition coefficient (Wildman–Crippen LogP) is -2.31. The first-order chi connectivity index (χ1) is 22.9. The number of aromatic nitrogens is 4. The summed E-state index contributed by atoms with van der Waals surface area (Å²) in [5.74, 6) is -1.97. The van der Waals surface area contributed by atoms with Crippen LogP contribution in [-0.4, -0.2) is 115 Å². The summed E-state index contributed by atoms with van der Waals surface area (Å²) in [7, 11) is -4.98. The van der Waals surface area contributed by atoms with E-state index in [4.69, 9.17) is 21.0 Å². The van der Waals surface area contributed by atoms with E-state index in [9.17, 15) is 32.5 Å². The van der Waals surface area contributed by atoms with E-state index in [0.717, 1.165) is 24.4 Å². The molecule has 8 N–H and O–H groups in total. The summed E-state index contributed by atoms with van der Waals surface area (Å²) < 4.78 is 40.2. The minimum atomic E-state index is -4.98. The average molecular weight is 704 g/mol. The fourth-order valence-electron chi connectivity index (χ4n) is 5.44. The molecule has 3 fully saturated rings. The lowest BCUT2D eigenvalue weighted by Gasteiger charge is -2.43. The molecule has 1 aliphatic carbocycles. The highest BCUT2D eigenvalue weighted by Crippen LogP contribution is 2.44. The third-order valence-corrected chi connectivity index (χ3v) is 9.58. The monoisotopic (exact) mass is 703 g/mol. The second-order valence-corrected chi connectivity index (χ2v) is 13.2. The van der Waals surface area contributed by atoms with Crippen LogP contribution in [0, 0.1) is 11.8 Å². The van der Waals surface area contributed by atoms with Crippen molar-refractivity contribution in [2.75, 3.05) is 25.4 Å². The molecule has 2 amide bonds. The number of benzene rings is 1. The molecule has 2 aromatic heterocycles. The number of nitrogens with two attached hydrogens (primary N) is 2. The largest absolute Gasteiger partial charge is 0.489 e. The number of carboxylic acid groups (broad SMARTS) is 1. The number of nitrogen functional groups attached to an aromatic ring is 1. The summed E-state index contributed by atoms with van der Waals surface area (Å²) in [5.41, 5.74) is 11.9. The third-order valence-electron chi connectivity index (χ3n) is 7.96. The number of piperidine rings is 1. The number of amidine groups is 1. The Morgan fingerprint density at radius 3 is 2.56 bits per heavy atom. The van der Waals surface area contributed by atoms with Gasteiger partial charge < -0.3 is 36.8 Å². The van der Waals surface area contributed by atoms with Crippen LogP contribution in [0.15, 0.2) is 52.4 Å². The maximum Gasteiger partial charge on any atom is 0.362 e. The van der Waals surface area contributed by atoms with Gasteiger partial charge in [0.15, 0.2) is 10.8 Å². The smallest absolute Gasteiger partial charge is 0.362 e. The number of β-lactam (4-membered cyclic amide) rings is 1. The van der Waals surface area contributed by atoms with Crippen LogP contribution in [-0.2, 0) is 36.1 Å². The standard InChI is InChI=1S/C26H29N11O9S2/c27-22(33-19-14-5-29-6-15(14)19)12-1-3-13(4-2-12)45-8-18(25(40)41)46-35-20(16-9-47-26(28)32-16)23(38)34-21-17(7-36-11-30-10-31-36)37(24(21)39)48(42,43)44/h1-4,9-11,14-15,17-19,21,29H,5-8H2,(H2,27,33)(H2,28,32)(H,34,38)(H,40,41)(H,42,43,44)/b35-20-/t14-,15+,17-,18?,19?,21+/m1/s1. The molecule has 0 spiro atoms. The summed E-state index contributed by atoms with van der Waals surface area (Å²) in [6, 6.07) is 4.02. The van der Waals surface area contributed by atoms with Crippen molar-refractivity contribution < 1.29 is 42.0 Å². The molecule has 1 aromatic carbocycles. The summed E-state index contributed by atoms with van der Waals surface area (Å²) in [6.45, 7) is 1.07. The number of thiazole rings is 1. The number of aliphatic carboxylic acids is 1. The molecule has 2 unspecified atom stereocenters. The predicted molar refractivity (Wildman–Crippen MR) is 166 cm³/mol. The number of hydrogen-bond acceptors (Lipinski definition) is 15. The number of ether oxygens (including phenoxy) is 1. The topological polar surface area (TPSA) is 292 Å². The van der Waals surface area contributed by atoms with Crippen molar-refractivity contribution in [3.05, 3.63) is 53.6 Å². The van der Waals surface area contributed by atoms with Gasteiger partial charge in [-0.05, 0) is 24.3 Å². The van der Waals surface area contributed by atoms with Gasteiger partial charge in [-0.15, -0.1) is 11.3 Å². The SMILES string of the molecule is NC(=NC1[C@H]2CNC[C@@H]12)c1ccc(OCC(O/N=C(\C(=O)N[C@@H]2C(=O)N(S(=O)(=O)O)[C@@H]2Cn2cncn2)c2csc(N)n2)C(=O)O)cc1. The van der Waals surface area contributed by atoms with E-state index in [1.54, 1.807) is 24.3 Å². The number of carbonyl (C=O) groups is 3. The van der Waals surface area contributed by atoms with Gasteiger partial charge in [-0.2, -0.15) is 13.5 Å². The molecular formula is C26H29N11O9S2. The van der Waals surface area contributed by atoms with Gasteiger partial charge in [0.2, 0.25) is 0 Å². The normalized spacial score (nSPS) is 24.4. The van der Waals surface area contributed by atoms with Gasteiger partial charge in [-0.1, -0.05) is 5.16 Å². The zero-order chi connectivity index (χ0) is 34.2. The molecule has 3 aromatic rings. The van der Waals surface area contributed by atoms with Crippen LogP contribution in [0.4, 0.5) is 5.13 Å². The van der Waals surface area contributed by atoms with Crippen molar-refractivity contribution in [2.45, 2.75) is 30.8 Å². The molecule has 0 radical (unpaired) electrons. The Morgan fingerprint density at radius 2 is 1.96 bits per heavy atom. The summed E-state index contributed by atoms with van der Waals surface area (Å²) in [5, 5.41) is 24.3. The second kappa shape index (κ2) is 13.1. The molecule has 20 nitrogen and oxygen atoms in total. The summed E-state index contributed by atoms with van der Waals surface area (Å²) in [4.78, 5) is 55.6. The maximum absolute atomic E-state index is 13.4. The van der Waals surface area contributed by atoms with Crippen LogP contribution in [0.5, 0.6) is 5.75 Å². The molecule has 6 rings (SSSR count). The molecule has 2 aliphatic heterocycles. The molecule has 22 heteroatoms. The lowest BCUT2D eigenvalue weighted by molar-refractivity contribution is -0.152. The van der Waals surface area contributed by atoms with Gasteiger partial charge in [0.05, 0.1) is 18.6 Å². The van der Waals surface area contributed by atoms with Crippen LogP contribution in [0.2, 0.25) is 0 Å². The van der Waals surface area contributed by atoms with Crippen LogP contribution in [0.3, 0.4) is 0 Å². The number of amides is 2. The molecule has 4 heterocycles. The van der Waals surface area contributed by atoms with Crippen molar-refractivity contribution in [1.29, 1.82) is 0 Å². The Hall–Kier alpha value is -5.19. The van der Waals surface area contributed by atoms with Gasteiger partial charge in [-0.25, -0.2) is 19.1 Å². The number of anilines is 1. The van der Waals surface area contributed by atoms with Gasteiger partial charge in [-0.3, -0.25) is 23.8 Å². The fourth-order valence-corrected chi connectivity index (χ4v) is 6.86. The molecule has 0 bridgehead atoms. The highest BCUT2D eigenvalue weighted by Gasteiger charge is 2.55. The first kappa shape index (κ1) is 32.7. The molecule has 254 valence electrons. The Bertz CT molecular complexity index is 1850. The van der Waals surface area contributed by atoms with Crippen molar-refractivity contribution in [3.8, 4) is 5.75 Å². The fraction of sp³-hybridized carbons (Fsp3) is 0.385. The third kappa shape index (κ3) is 6.90. The van der Waals surface area contributed by atoms with Crippen LogP contribution in [0.25, 0.3) is 0 Å². The molecule has 6 atom stereocenters. The zero-order valence-electron chi connectivity index (χ0n) is 24.7. The average Bonchev–Trinajstić information content (AvgIpc) is 3.57. The summed E-state index contributed by atoms with van der Waals surface area (Å²) >= 11 is 0.941. The maximum atomic E-state index is 13.4. The number of nitrogens with zero attached hydrogens (tertiary/aromatic N) is 7. The minimum Gasteiger partial charge on any atom is -0.489 e. The Kier molecular flexibility index (Phi) is 8.96. The lowest BCUT2D eigenvalue weighted by Crippen LogP contribution is -2.73. The quantitative estimate of drug-likeness (QED) is 0.0338. The van der Waals surface area contributed by atoms with E-state index in [2.05, 4.69) is 35.8 Å². The van der Waals surface area contributed by atoms with E-state index in [-0.39, 0.29) is 27.7 Å². The van der Waals surface area contributed by atoms with Crippen molar-refractivity contribution >= 4 is 56.1 Å². The van der Waals surface area contributed by atoms with Crippen LogP contribution < -0.4 is 26.8 Å². The zero-order valence-corrected chi connectivity index (χ0v) is 26.3. The number of aliphatic imine (C=N–C) groups is 1. The molecule has 2 saturated heterocycles. The lowest BCUT2D eigenvalue weighted by atomic mass is 9.98. The van der Waals surface area contributed by atoms with Crippen LogP contribution >= 0.6 is 11.3 Å². The number of oxime groups is 1. The van der Waals surface area contributed by atoms with Crippen molar-refractivity contribution in [2.24, 2.45) is 27.7 Å². The van der Waals surface area contributed by atoms with E-state index in [1.807, 2.05) is 0 Å². The van der Waals surface area contributed by atoms with Crippen LogP contribution in [0.1, 0.15) is 11.3 Å². The summed E-state index contributed by atoms with van der Waals surface area (Å²) in [6.07, 6.45) is 0.700. The van der Waals surface area contributed by atoms with Gasteiger partial charge >= 0.3 is 16.3 Å². The molecule has 3 aliphatic rings. The van der Waals surface area contributed by atoms with E-state index < -0.39 is 58.6 Å².